The Kier molecular flexibility index (Phi) is 7.23. The van der Waals surface area contributed by atoms with Gasteiger partial charge >= 0.3 is 0 Å². The third-order valence-electron chi connectivity index (χ3n) is 6.95. The molecule has 0 spiro atoms. The van der Waals surface area contributed by atoms with Crippen molar-refractivity contribution >= 4 is 16.9 Å². The number of aryl methyl sites for hydroxylation is 2. The number of ether oxygens (including phenoxy) is 2. The van der Waals surface area contributed by atoms with Crippen LogP contribution < -0.4 is 14.9 Å². The van der Waals surface area contributed by atoms with E-state index >= 15 is 0 Å². The zero-order chi connectivity index (χ0) is 26.8. The van der Waals surface area contributed by atoms with Crippen molar-refractivity contribution in [2.45, 2.75) is 53.1 Å². The second kappa shape index (κ2) is 10.7. The number of rotatable bonds is 9. The van der Waals surface area contributed by atoms with E-state index in [9.17, 15) is 9.59 Å². The number of carbonyl (C=O) groups excluding carboxylic acids is 1. The maximum atomic E-state index is 14.0. The topological polar surface area (TPSA) is 69.0 Å². The van der Waals surface area contributed by atoms with Crippen LogP contribution in [0.5, 0.6) is 11.5 Å². The summed E-state index contributed by atoms with van der Waals surface area (Å²) in [5, 5.41) is 0.512. The van der Waals surface area contributed by atoms with Gasteiger partial charge in [-0.15, -0.1) is 0 Å². The maximum absolute atomic E-state index is 14.0. The Hall–Kier alpha value is -4.06. The summed E-state index contributed by atoms with van der Waals surface area (Å²) in [4.78, 5) is 29.6. The predicted molar refractivity (Wildman–Crippen MR) is 148 cm³/mol. The molecule has 5 rings (SSSR count). The zero-order valence-corrected chi connectivity index (χ0v) is 22.4. The Bertz CT molecular complexity index is 1540. The monoisotopic (exact) mass is 511 g/mol. The molecule has 0 saturated carbocycles. The molecule has 6 nitrogen and oxygen atoms in total. The molecular weight excluding hydrogens is 478 g/mol. The van der Waals surface area contributed by atoms with E-state index in [2.05, 4.69) is 6.92 Å². The second-order valence-corrected chi connectivity index (χ2v) is 9.79. The molecule has 0 saturated heterocycles. The van der Waals surface area contributed by atoms with Crippen LogP contribution in [-0.2, 0) is 6.54 Å². The highest BCUT2D eigenvalue weighted by molar-refractivity contribution is 5.99. The molecule has 0 bridgehead atoms. The van der Waals surface area contributed by atoms with Crippen LogP contribution in [0.1, 0.15) is 71.1 Å². The smallest absolute Gasteiger partial charge is 0.291 e. The van der Waals surface area contributed by atoms with Crippen molar-refractivity contribution in [3.8, 4) is 11.5 Å². The molecule has 0 aliphatic carbocycles. The highest BCUT2D eigenvalue weighted by atomic mass is 16.5. The lowest BCUT2D eigenvalue weighted by atomic mass is 9.96. The van der Waals surface area contributed by atoms with Gasteiger partial charge in [-0.1, -0.05) is 55.8 Å². The van der Waals surface area contributed by atoms with Gasteiger partial charge in [-0.25, -0.2) is 0 Å². The van der Waals surface area contributed by atoms with Gasteiger partial charge in [-0.3, -0.25) is 9.59 Å². The Morgan fingerprint density at radius 3 is 2.45 bits per heavy atom. The number of hydrogen-bond acceptors (Lipinski definition) is 5. The van der Waals surface area contributed by atoms with Crippen LogP contribution in [0.4, 0.5) is 0 Å². The van der Waals surface area contributed by atoms with Crippen molar-refractivity contribution in [1.29, 1.82) is 0 Å². The molecular formula is C32H33NO5. The van der Waals surface area contributed by atoms with E-state index in [1.807, 2.05) is 81.4 Å². The molecule has 1 unspecified atom stereocenters. The highest BCUT2D eigenvalue weighted by Crippen LogP contribution is 2.42. The van der Waals surface area contributed by atoms with Gasteiger partial charge in [-0.2, -0.15) is 0 Å². The van der Waals surface area contributed by atoms with Gasteiger partial charge < -0.3 is 18.8 Å². The summed E-state index contributed by atoms with van der Waals surface area (Å²) < 4.78 is 18.1. The first kappa shape index (κ1) is 25.6. The van der Waals surface area contributed by atoms with E-state index in [-0.39, 0.29) is 17.1 Å². The van der Waals surface area contributed by atoms with E-state index in [1.54, 1.807) is 4.90 Å². The Morgan fingerprint density at radius 1 is 0.921 bits per heavy atom. The number of nitrogens with zero attached hydrogens (tertiary/aromatic N) is 1. The minimum Gasteiger partial charge on any atom is -0.490 e. The van der Waals surface area contributed by atoms with Crippen LogP contribution in [0, 0.1) is 13.8 Å². The molecule has 38 heavy (non-hydrogen) atoms. The number of carbonyl (C=O) groups is 1. The van der Waals surface area contributed by atoms with Crippen LogP contribution in [0.2, 0.25) is 0 Å². The van der Waals surface area contributed by atoms with Crippen LogP contribution in [0.25, 0.3) is 11.0 Å². The summed E-state index contributed by atoms with van der Waals surface area (Å²) in [6.45, 7) is 9.28. The van der Waals surface area contributed by atoms with Crippen LogP contribution in [-0.4, -0.2) is 24.0 Å². The fourth-order valence-electron chi connectivity index (χ4n) is 5.21. The van der Waals surface area contributed by atoms with Crippen LogP contribution >= 0.6 is 0 Å². The van der Waals surface area contributed by atoms with Crippen molar-refractivity contribution in [1.82, 2.24) is 4.90 Å². The number of fused-ring (bicyclic) bond motifs is 2. The van der Waals surface area contributed by atoms with Crippen molar-refractivity contribution in [2.24, 2.45) is 0 Å². The first-order valence-corrected chi connectivity index (χ1v) is 13.2. The molecule has 0 N–H and O–H groups in total. The van der Waals surface area contributed by atoms with E-state index in [4.69, 9.17) is 13.9 Å². The van der Waals surface area contributed by atoms with Crippen LogP contribution in [0.15, 0.2) is 69.9 Å². The van der Waals surface area contributed by atoms with Gasteiger partial charge in [-0.05, 0) is 67.6 Å². The predicted octanol–water partition coefficient (Wildman–Crippen LogP) is 6.73. The summed E-state index contributed by atoms with van der Waals surface area (Å²) in [6, 6.07) is 18.6. The number of benzene rings is 3. The van der Waals surface area contributed by atoms with Gasteiger partial charge in [0.2, 0.25) is 5.76 Å². The summed E-state index contributed by atoms with van der Waals surface area (Å²) in [5.74, 6) is 1.06. The molecule has 0 fully saturated rings. The van der Waals surface area contributed by atoms with Gasteiger partial charge in [0.05, 0.1) is 30.2 Å². The van der Waals surface area contributed by atoms with Gasteiger partial charge in [0.25, 0.3) is 5.91 Å². The maximum Gasteiger partial charge on any atom is 0.291 e. The second-order valence-electron chi connectivity index (χ2n) is 9.79. The standard InChI is InChI=1S/C32H33NO5/c1-5-7-15-37-24-14-13-23(18-25(24)36-6-2)29-28-30(34)27-21(4)16-20(3)17-26(27)38-31(28)32(35)33(29)19-22-11-9-8-10-12-22/h8-14,16-18,29H,5-7,15,19H2,1-4H3. The molecule has 196 valence electrons. The van der Waals surface area contributed by atoms with Gasteiger partial charge in [0, 0.05) is 6.54 Å². The van der Waals surface area contributed by atoms with Crippen molar-refractivity contribution in [3.05, 3.63) is 104 Å². The zero-order valence-electron chi connectivity index (χ0n) is 22.4. The number of amides is 1. The van der Waals surface area contributed by atoms with Crippen molar-refractivity contribution in [2.75, 3.05) is 13.2 Å². The fraction of sp³-hybridized carbons (Fsp3) is 0.312. The van der Waals surface area contributed by atoms with Crippen molar-refractivity contribution < 1.29 is 18.7 Å². The summed E-state index contributed by atoms with van der Waals surface area (Å²) in [5.41, 5.74) is 4.18. The molecule has 1 aromatic heterocycles. The molecule has 1 aliphatic heterocycles. The minimum absolute atomic E-state index is 0.106. The molecule has 1 atom stereocenters. The largest absolute Gasteiger partial charge is 0.490 e. The number of unbranched alkanes of at least 4 members (excludes halogenated alkanes) is 1. The van der Waals surface area contributed by atoms with E-state index in [0.717, 1.165) is 35.1 Å². The molecule has 1 aliphatic rings. The van der Waals surface area contributed by atoms with Crippen molar-refractivity contribution in [3.63, 3.8) is 0 Å². The first-order chi connectivity index (χ1) is 18.4. The lowest BCUT2D eigenvalue weighted by Gasteiger charge is -2.26. The quantitative estimate of drug-likeness (QED) is 0.233. The lowest BCUT2D eigenvalue weighted by Crippen LogP contribution is -2.29. The molecule has 6 heteroatoms. The Labute approximate surface area is 222 Å². The average Bonchev–Trinajstić information content (AvgIpc) is 3.17. The molecule has 3 aromatic carbocycles. The fourth-order valence-corrected chi connectivity index (χ4v) is 5.21. The summed E-state index contributed by atoms with van der Waals surface area (Å²) in [6.07, 6.45) is 1.97. The molecule has 0 radical (unpaired) electrons. The molecule has 2 heterocycles. The highest BCUT2D eigenvalue weighted by Gasteiger charge is 2.43. The summed E-state index contributed by atoms with van der Waals surface area (Å²) in [7, 11) is 0. The SMILES string of the molecule is CCCCOc1ccc(C2c3c(oc4cc(C)cc(C)c4c3=O)C(=O)N2Cc2ccccc2)cc1OCC. The summed E-state index contributed by atoms with van der Waals surface area (Å²) >= 11 is 0. The Balaban J connectivity index is 1.69. The molecule has 4 aromatic rings. The Morgan fingerprint density at radius 2 is 1.71 bits per heavy atom. The first-order valence-electron chi connectivity index (χ1n) is 13.2. The van der Waals surface area contributed by atoms with Gasteiger partial charge in [0.15, 0.2) is 16.9 Å². The van der Waals surface area contributed by atoms with Crippen LogP contribution in [0.3, 0.4) is 0 Å². The third-order valence-corrected chi connectivity index (χ3v) is 6.95. The van der Waals surface area contributed by atoms with E-state index < -0.39 is 6.04 Å². The molecule has 1 amide bonds. The average molecular weight is 512 g/mol. The number of hydrogen-bond donors (Lipinski definition) is 0. The third kappa shape index (κ3) is 4.67. The van der Waals surface area contributed by atoms with E-state index in [0.29, 0.717) is 47.8 Å². The van der Waals surface area contributed by atoms with E-state index in [1.165, 1.54) is 0 Å². The lowest BCUT2D eigenvalue weighted by molar-refractivity contribution is 0.0714. The van der Waals surface area contributed by atoms with Gasteiger partial charge in [0.1, 0.15) is 5.58 Å². The minimum atomic E-state index is -0.622. The normalized spacial score (nSPS) is 14.7.